The van der Waals surface area contributed by atoms with Crippen LogP contribution in [0.1, 0.15) is 18.4 Å². The summed E-state index contributed by atoms with van der Waals surface area (Å²) in [5.41, 5.74) is 2.41. The van der Waals surface area contributed by atoms with E-state index in [0.717, 1.165) is 13.1 Å². The van der Waals surface area contributed by atoms with Gasteiger partial charge in [0.05, 0.1) is 0 Å². The monoisotopic (exact) mass is 330 g/mol. The molecule has 24 heavy (non-hydrogen) atoms. The highest BCUT2D eigenvalue weighted by Gasteiger charge is 2.30. The molecule has 1 atom stereocenters. The zero-order chi connectivity index (χ0) is 17.1. The van der Waals surface area contributed by atoms with E-state index >= 15 is 0 Å². The number of imide groups is 1. The van der Waals surface area contributed by atoms with Crippen molar-refractivity contribution in [3.05, 3.63) is 29.8 Å². The third-order valence-corrected chi connectivity index (χ3v) is 4.50. The van der Waals surface area contributed by atoms with Crippen LogP contribution in [-0.2, 0) is 9.59 Å². The Kier molecular flexibility index (Phi) is 4.69. The highest BCUT2D eigenvalue weighted by Crippen LogP contribution is 2.18. The van der Waals surface area contributed by atoms with E-state index in [1.807, 2.05) is 11.0 Å². The van der Waals surface area contributed by atoms with Crippen LogP contribution in [0.15, 0.2) is 24.3 Å². The minimum Gasteiger partial charge on any atom is -0.368 e. The maximum atomic E-state index is 12.3. The molecule has 3 rings (SSSR count). The Bertz CT molecular complexity index is 653. The van der Waals surface area contributed by atoms with Crippen molar-refractivity contribution in [2.24, 2.45) is 0 Å². The largest absolute Gasteiger partial charge is 0.368 e. The van der Waals surface area contributed by atoms with Crippen LogP contribution < -0.4 is 15.5 Å². The van der Waals surface area contributed by atoms with Gasteiger partial charge in [-0.15, -0.1) is 0 Å². The van der Waals surface area contributed by atoms with Gasteiger partial charge in [-0.2, -0.15) is 0 Å². The van der Waals surface area contributed by atoms with Gasteiger partial charge in [0.25, 0.3) is 5.91 Å². The molecule has 0 aliphatic carbocycles. The molecule has 0 spiro atoms. The van der Waals surface area contributed by atoms with Crippen LogP contribution in [0.2, 0.25) is 0 Å². The van der Waals surface area contributed by atoms with Crippen LogP contribution in [0.5, 0.6) is 0 Å². The average Bonchev–Trinajstić information content (AvgIpc) is 2.90. The number of anilines is 1. The van der Waals surface area contributed by atoms with Crippen molar-refractivity contribution in [1.82, 2.24) is 15.5 Å². The van der Waals surface area contributed by atoms with Gasteiger partial charge in [0.15, 0.2) is 0 Å². The molecule has 7 heteroatoms. The highest BCUT2D eigenvalue weighted by molar-refractivity contribution is 6.04. The molecular formula is C17H22N4O3. The number of urea groups is 1. The number of piperazine rings is 1. The van der Waals surface area contributed by atoms with Crippen molar-refractivity contribution < 1.29 is 14.4 Å². The van der Waals surface area contributed by atoms with E-state index in [9.17, 15) is 14.4 Å². The molecule has 2 aliphatic heterocycles. The van der Waals surface area contributed by atoms with E-state index in [1.54, 1.807) is 0 Å². The summed E-state index contributed by atoms with van der Waals surface area (Å²) in [4.78, 5) is 39.0. The summed E-state index contributed by atoms with van der Waals surface area (Å²) in [5.74, 6) is -0.315. The van der Waals surface area contributed by atoms with E-state index in [4.69, 9.17) is 0 Å². The van der Waals surface area contributed by atoms with Gasteiger partial charge in [-0.25, -0.2) is 4.79 Å². The normalized spacial score (nSPS) is 20.8. The first-order valence-corrected chi connectivity index (χ1v) is 8.24. The van der Waals surface area contributed by atoms with Gasteiger partial charge in [0, 0.05) is 38.3 Å². The molecule has 1 aromatic carbocycles. The molecule has 2 N–H and O–H groups in total. The number of rotatable bonds is 4. The highest BCUT2D eigenvalue weighted by atomic mass is 16.2. The maximum Gasteiger partial charge on any atom is 0.322 e. The lowest BCUT2D eigenvalue weighted by molar-refractivity contribution is -0.131. The number of nitrogens with zero attached hydrogens (tertiary/aromatic N) is 2. The molecule has 2 aliphatic rings. The van der Waals surface area contributed by atoms with Gasteiger partial charge < -0.3 is 15.1 Å². The molecule has 2 saturated heterocycles. The molecule has 2 heterocycles. The smallest absolute Gasteiger partial charge is 0.322 e. The summed E-state index contributed by atoms with van der Waals surface area (Å²) in [7, 11) is 0. The summed E-state index contributed by atoms with van der Waals surface area (Å²) in [6.45, 7) is 5.03. The van der Waals surface area contributed by atoms with Crippen molar-refractivity contribution in [1.29, 1.82) is 0 Å². The number of hydrogen-bond acceptors (Lipinski definition) is 4. The first kappa shape index (κ1) is 16.3. The second-order valence-electron chi connectivity index (χ2n) is 6.26. The Hall–Kier alpha value is -2.57. The lowest BCUT2D eigenvalue weighted by Gasteiger charge is -2.36. The van der Waals surface area contributed by atoms with E-state index in [0.29, 0.717) is 19.5 Å². The van der Waals surface area contributed by atoms with E-state index in [1.165, 1.54) is 11.3 Å². The Morgan fingerprint density at radius 2 is 1.96 bits per heavy atom. The summed E-state index contributed by atoms with van der Waals surface area (Å²) in [6, 6.07) is 7.29. The molecule has 7 nitrogen and oxygen atoms in total. The summed E-state index contributed by atoms with van der Waals surface area (Å²) in [5, 5.41) is 4.70. The number of hydrogen-bond donors (Lipinski definition) is 2. The Morgan fingerprint density at radius 3 is 2.58 bits per heavy atom. The molecular weight excluding hydrogens is 308 g/mol. The van der Waals surface area contributed by atoms with Crippen LogP contribution in [0.3, 0.4) is 0 Å². The first-order valence-electron chi connectivity index (χ1n) is 8.24. The molecule has 0 radical (unpaired) electrons. The van der Waals surface area contributed by atoms with E-state index in [2.05, 4.69) is 40.7 Å². The fourth-order valence-corrected chi connectivity index (χ4v) is 3.13. The number of aryl methyl sites for hydroxylation is 1. The van der Waals surface area contributed by atoms with E-state index in [-0.39, 0.29) is 18.2 Å². The Balaban J connectivity index is 1.47. The minimum absolute atomic E-state index is 0.0350. The maximum absolute atomic E-state index is 12.3. The molecule has 0 bridgehead atoms. The van der Waals surface area contributed by atoms with Crippen LogP contribution in [0, 0.1) is 6.92 Å². The predicted molar refractivity (Wildman–Crippen MR) is 89.7 cm³/mol. The fourth-order valence-electron chi connectivity index (χ4n) is 3.13. The number of nitrogens with one attached hydrogen (secondary N) is 2. The quantitative estimate of drug-likeness (QED) is 0.794. The second kappa shape index (κ2) is 6.90. The van der Waals surface area contributed by atoms with Crippen LogP contribution in [0.25, 0.3) is 0 Å². The molecule has 128 valence electrons. The zero-order valence-electron chi connectivity index (χ0n) is 13.7. The van der Waals surface area contributed by atoms with Crippen LogP contribution >= 0.6 is 0 Å². The standard InChI is InChI=1S/C17H22N4O3/c1-12-3-2-4-13(11-12)20-7-9-21(10-8-20)15(22)6-5-14-16(23)19-17(24)18-14/h2-4,11,14H,5-10H2,1H3,(H2,18,19,23,24). The number of carbonyl (C=O) groups is 3. The van der Waals surface area contributed by atoms with Gasteiger partial charge in [0.2, 0.25) is 5.91 Å². The van der Waals surface area contributed by atoms with Gasteiger partial charge in [-0.1, -0.05) is 12.1 Å². The SMILES string of the molecule is Cc1cccc(N2CCN(C(=O)CCC3NC(=O)NC3=O)CC2)c1. The predicted octanol–water partition coefficient (Wildman–Crippen LogP) is 0.632. The molecule has 0 aromatic heterocycles. The number of carbonyl (C=O) groups excluding carboxylic acids is 3. The van der Waals surface area contributed by atoms with Gasteiger partial charge >= 0.3 is 6.03 Å². The molecule has 2 fully saturated rings. The fraction of sp³-hybridized carbons (Fsp3) is 0.471. The number of amides is 4. The number of benzene rings is 1. The van der Waals surface area contributed by atoms with Crippen molar-refractivity contribution in [3.63, 3.8) is 0 Å². The zero-order valence-corrected chi connectivity index (χ0v) is 13.7. The topological polar surface area (TPSA) is 81.8 Å². The van der Waals surface area contributed by atoms with Crippen molar-refractivity contribution in [2.45, 2.75) is 25.8 Å². The average molecular weight is 330 g/mol. The summed E-state index contributed by atoms with van der Waals surface area (Å²) < 4.78 is 0. The van der Waals surface area contributed by atoms with Crippen LogP contribution in [0.4, 0.5) is 10.5 Å². The van der Waals surface area contributed by atoms with Crippen LogP contribution in [-0.4, -0.2) is 55.0 Å². The summed E-state index contributed by atoms with van der Waals surface area (Å²) >= 11 is 0. The summed E-state index contributed by atoms with van der Waals surface area (Å²) in [6.07, 6.45) is 0.608. The molecule has 1 unspecified atom stereocenters. The molecule has 4 amide bonds. The van der Waals surface area contributed by atoms with E-state index < -0.39 is 12.1 Å². The van der Waals surface area contributed by atoms with Gasteiger partial charge in [-0.3, -0.25) is 14.9 Å². The van der Waals surface area contributed by atoms with Crippen molar-refractivity contribution in [2.75, 3.05) is 31.1 Å². The van der Waals surface area contributed by atoms with Gasteiger partial charge in [0.1, 0.15) is 6.04 Å². The third-order valence-electron chi connectivity index (χ3n) is 4.50. The Morgan fingerprint density at radius 1 is 1.21 bits per heavy atom. The molecule has 1 aromatic rings. The minimum atomic E-state index is -0.588. The lowest BCUT2D eigenvalue weighted by Crippen LogP contribution is -2.49. The van der Waals surface area contributed by atoms with Gasteiger partial charge in [-0.05, 0) is 31.0 Å². The lowest BCUT2D eigenvalue weighted by atomic mass is 10.1. The Labute approximate surface area is 141 Å². The third kappa shape index (κ3) is 3.67. The second-order valence-corrected chi connectivity index (χ2v) is 6.26. The van der Waals surface area contributed by atoms with Crippen molar-refractivity contribution >= 4 is 23.5 Å². The first-order chi connectivity index (χ1) is 11.5. The molecule has 0 saturated carbocycles. The van der Waals surface area contributed by atoms with Crippen molar-refractivity contribution in [3.8, 4) is 0 Å².